The van der Waals surface area contributed by atoms with Crippen molar-refractivity contribution in [2.24, 2.45) is 0 Å². The van der Waals surface area contributed by atoms with Crippen molar-refractivity contribution in [3.8, 4) is 5.75 Å². The first-order chi connectivity index (χ1) is 14.3. The highest BCUT2D eigenvalue weighted by Gasteiger charge is 2.23. The van der Waals surface area contributed by atoms with Gasteiger partial charge in [0.1, 0.15) is 11.4 Å². The second kappa shape index (κ2) is 8.83. The van der Waals surface area contributed by atoms with Gasteiger partial charge in [-0.1, -0.05) is 36.4 Å². The zero-order valence-electron chi connectivity index (χ0n) is 16.4. The predicted octanol–water partition coefficient (Wildman–Crippen LogP) is 4.58. The topological polar surface area (TPSA) is 111 Å². The molecule has 30 heavy (non-hydrogen) atoms. The van der Waals surface area contributed by atoms with Gasteiger partial charge in [-0.05, 0) is 37.3 Å². The van der Waals surface area contributed by atoms with Crippen molar-refractivity contribution >= 4 is 27.1 Å². The van der Waals surface area contributed by atoms with Crippen LogP contribution in [0.2, 0.25) is 0 Å². The average Bonchev–Trinajstić information content (AvgIpc) is 2.74. The summed E-state index contributed by atoms with van der Waals surface area (Å²) >= 11 is 0. The van der Waals surface area contributed by atoms with Gasteiger partial charge in [0.2, 0.25) is 0 Å². The Morgan fingerprint density at radius 1 is 1.00 bits per heavy atom. The zero-order chi connectivity index (χ0) is 21.7. The molecule has 156 valence electrons. The Kier molecular flexibility index (Phi) is 6.22. The molecule has 0 aliphatic heterocycles. The highest BCUT2D eigenvalue weighted by atomic mass is 32.2. The Hall–Kier alpha value is -3.59. The van der Waals surface area contributed by atoms with E-state index in [1.807, 2.05) is 25.1 Å². The highest BCUT2D eigenvalue weighted by molar-refractivity contribution is 7.92. The minimum atomic E-state index is -3.98. The summed E-state index contributed by atoms with van der Waals surface area (Å²) in [6, 6.07) is 19.1. The first-order valence-corrected chi connectivity index (χ1v) is 10.6. The number of ether oxygens (including phenoxy) is 1. The second-order valence-electron chi connectivity index (χ2n) is 6.52. The minimum absolute atomic E-state index is 0.200. The van der Waals surface area contributed by atoms with E-state index in [0.29, 0.717) is 11.4 Å². The van der Waals surface area contributed by atoms with Crippen LogP contribution in [0, 0.1) is 10.1 Å². The summed E-state index contributed by atoms with van der Waals surface area (Å²) in [6.07, 6.45) is 0. The number of nitro benzene ring substituents is 1. The van der Waals surface area contributed by atoms with Crippen LogP contribution in [-0.4, -0.2) is 20.5 Å². The Morgan fingerprint density at radius 3 is 2.33 bits per heavy atom. The Balaban J connectivity index is 1.91. The van der Waals surface area contributed by atoms with E-state index in [0.717, 1.165) is 11.6 Å². The molecule has 0 aliphatic carbocycles. The molecule has 9 heteroatoms. The smallest absolute Gasteiger partial charge is 0.293 e. The molecular formula is C21H21N3O5S. The van der Waals surface area contributed by atoms with Crippen molar-refractivity contribution < 1.29 is 18.1 Å². The van der Waals surface area contributed by atoms with Gasteiger partial charge in [0, 0.05) is 17.3 Å². The van der Waals surface area contributed by atoms with Crippen molar-refractivity contribution in [1.82, 2.24) is 0 Å². The average molecular weight is 427 g/mol. The molecule has 0 bridgehead atoms. The van der Waals surface area contributed by atoms with Gasteiger partial charge < -0.3 is 10.1 Å². The molecule has 0 radical (unpaired) electrons. The molecule has 1 unspecified atom stereocenters. The van der Waals surface area contributed by atoms with E-state index < -0.39 is 14.9 Å². The quantitative estimate of drug-likeness (QED) is 0.402. The van der Waals surface area contributed by atoms with E-state index in [2.05, 4.69) is 10.0 Å². The van der Waals surface area contributed by atoms with Crippen LogP contribution in [0.5, 0.6) is 5.75 Å². The van der Waals surface area contributed by atoms with Crippen LogP contribution < -0.4 is 14.8 Å². The highest BCUT2D eigenvalue weighted by Crippen LogP contribution is 2.33. The van der Waals surface area contributed by atoms with Gasteiger partial charge in [-0.2, -0.15) is 0 Å². The lowest BCUT2D eigenvalue weighted by molar-refractivity contribution is -0.384. The predicted molar refractivity (Wildman–Crippen MR) is 115 cm³/mol. The zero-order valence-corrected chi connectivity index (χ0v) is 17.2. The molecule has 0 spiro atoms. The fourth-order valence-electron chi connectivity index (χ4n) is 3.01. The molecule has 3 rings (SSSR count). The maximum atomic E-state index is 12.6. The number of nitro groups is 1. The fraction of sp³-hybridized carbons (Fsp3) is 0.143. The minimum Gasteiger partial charge on any atom is -0.496 e. The third-order valence-corrected chi connectivity index (χ3v) is 5.86. The first-order valence-electron chi connectivity index (χ1n) is 9.07. The second-order valence-corrected chi connectivity index (χ2v) is 8.20. The summed E-state index contributed by atoms with van der Waals surface area (Å²) in [5.74, 6) is 0.645. The van der Waals surface area contributed by atoms with Crippen molar-refractivity contribution in [3.63, 3.8) is 0 Å². The maximum Gasteiger partial charge on any atom is 0.293 e. The van der Waals surface area contributed by atoms with E-state index in [1.165, 1.54) is 12.1 Å². The third-order valence-electron chi connectivity index (χ3n) is 4.48. The van der Waals surface area contributed by atoms with Crippen LogP contribution in [0.15, 0.2) is 77.7 Å². The number of nitrogens with zero attached hydrogens (tertiary/aromatic N) is 1. The number of hydrogen-bond acceptors (Lipinski definition) is 6. The molecule has 0 saturated carbocycles. The molecule has 0 saturated heterocycles. The van der Waals surface area contributed by atoms with Crippen molar-refractivity contribution in [2.75, 3.05) is 17.1 Å². The lowest BCUT2D eigenvalue weighted by atomic mass is 10.1. The molecule has 3 aromatic rings. The summed E-state index contributed by atoms with van der Waals surface area (Å²) < 4.78 is 33.0. The molecule has 0 aliphatic rings. The summed E-state index contributed by atoms with van der Waals surface area (Å²) in [4.78, 5) is 10.8. The molecule has 8 nitrogen and oxygen atoms in total. The third kappa shape index (κ3) is 4.69. The molecule has 3 aromatic carbocycles. The Labute approximate surface area is 174 Å². The Morgan fingerprint density at radius 2 is 1.67 bits per heavy atom. The SMILES string of the molecule is COc1ccccc1C(C)Nc1ccc(S(=O)(=O)Nc2ccccc2)cc1[N+](=O)[O-]. The summed E-state index contributed by atoms with van der Waals surface area (Å²) in [7, 11) is -2.43. The van der Waals surface area contributed by atoms with E-state index >= 15 is 0 Å². The van der Waals surface area contributed by atoms with Gasteiger partial charge in [-0.25, -0.2) is 8.42 Å². The van der Waals surface area contributed by atoms with E-state index in [4.69, 9.17) is 4.74 Å². The molecular weight excluding hydrogens is 406 g/mol. The summed E-state index contributed by atoms with van der Waals surface area (Å²) in [6.45, 7) is 1.84. The van der Waals surface area contributed by atoms with Crippen LogP contribution in [0.1, 0.15) is 18.5 Å². The molecule has 0 amide bonds. The van der Waals surface area contributed by atoms with Crippen LogP contribution >= 0.6 is 0 Å². The largest absolute Gasteiger partial charge is 0.496 e. The molecule has 0 fully saturated rings. The number of anilines is 2. The number of benzene rings is 3. The number of nitrogens with one attached hydrogen (secondary N) is 2. The molecule has 0 heterocycles. The van der Waals surface area contributed by atoms with E-state index in [1.54, 1.807) is 43.5 Å². The van der Waals surface area contributed by atoms with Crippen LogP contribution in [-0.2, 0) is 10.0 Å². The number of para-hydroxylation sites is 2. The standard InChI is InChI=1S/C21H21N3O5S/c1-15(18-10-6-7-11-21(18)29-2)22-19-13-12-17(14-20(19)24(25)26)30(27,28)23-16-8-4-3-5-9-16/h3-15,22-23H,1-2H3. The molecule has 0 aromatic heterocycles. The van der Waals surface area contributed by atoms with Gasteiger partial charge in [0.25, 0.3) is 15.7 Å². The van der Waals surface area contributed by atoms with Gasteiger partial charge in [0.05, 0.1) is 23.0 Å². The summed E-state index contributed by atoms with van der Waals surface area (Å²) in [5, 5.41) is 14.7. The van der Waals surface area contributed by atoms with Crippen LogP contribution in [0.4, 0.5) is 17.1 Å². The van der Waals surface area contributed by atoms with E-state index in [9.17, 15) is 18.5 Å². The van der Waals surface area contributed by atoms with Crippen LogP contribution in [0.3, 0.4) is 0 Å². The normalized spacial score (nSPS) is 12.1. The first kappa shape index (κ1) is 21.1. The van der Waals surface area contributed by atoms with Crippen molar-refractivity contribution in [2.45, 2.75) is 17.9 Å². The summed E-state index contributed by atoms with van der Waals surface area (Å²) in [5.41, 5.74) is 1.05. The lowest BCUT2D eigenvalue weighted by Crippen LogP contribution is -2.14. The van der Waals surface area contributed by atoms with Crippen molar-refractivity contribution in [3.05, 3.63) is 88.5 Å². The van der Waals surface area contributed by atoms with Gasteiger partial charge in [-0.3, -0.25) is 14.8 Å². The monoisotopic (exact) mass is 427 g/mol. The van der Waals surface area contributed by atoms with Gasteiger partial charge in [-0.15, -0.1) is 0 Å². The number of methoxy groups -OCH3 is 1. The molecule has 2 N–H and O–H groups in total. The van der Waals surface area contributed by atoms with Crippen LogP contribution in [0.25, 0.3) is 0 Å². The fourth-order valence-corrected chi connectivity index (χ4v) is 4.09. The number of rotatable bonds is 8. The maximum absolute atomic E-state index is 12.6. The Bertz CT molecular complexity index is 1150. The van der Waals surface area contributed by atoms with Gasteiger partial charge >= 0.3 is 0 Å². The lowest BCUT2D eigenvalue weighted by Gasteiger charge is -2.18. The van der Waals surface area contributed by atoms with Gasteiger partial charge in [0.15, 0.2) is 0 Å². The number of hydrogen-bond donors (Lipinski definition) is 2. The number of sulfonamides is 1. The molecule has 1 atom stereocenters. The van der Waals surface area contributed by atoms with E-state index in [-0.39, 0.29) is 22.3 Å². The van der Waals surface area contributed by atoms with Crippen molar-refractivity contribution in [1.29, 1.82) is 0 Å².